The lowest BCUT2D eigenvalue weighted by Gasteiger charge is -2.15. The van der Waals surface area contributed by atoms with Gasteiger partial charge < -0.3 is 15.7 Å². The number of carboxylic acid groups (broad SMARTS) is 1. The standard InChI is InChI=1S/C24H21FN6O5/c1-12-9-14(3-8-17(12)25)11-26-20(32)18-10-19(31-23(28-18)29-30-24(31)36)21(33)27-13(2)15-4-6-16(7-5-15)22(34)35/h3-10,13H,11H2,1-2H3,(H,26,32)(H,27,33)(H,30,36)(H,34,35)/t13-/m1/s1. The molecule has 0 bridgehead atoms. The molecule has 0 radical (unpaired) electrons. The van der Waals surface area contributed by atoms with Gasteiger partial charge in [-0.1, -0.05) is 24.3 Å². The molecule has 0 aliphatic heterocycles. The van der Waals surface area contributed by atoms with E-state index in [4.69, 9.17) is 5.11 Å². The number of H-pyrrole nitrogens is 1. The van der Waals surface area contributed by atoms with Crippen molar-refractivity contribution in [1.82, 2.24) is 30.2 Å². The highest BCUT2D eigenvalue weighted by Gasteiger charge is 2.21. The van der Waals surface area contributed by atoms with Crippen molar-refractivity contribution in [3.63, 3.8) is 0 Å². The Balaban J connectivity index is 1.57. The third kappa shape index (κ3) is 4.97. The lowest BCUT2D eigenvalue weighted by molar-refractivity contribution is 0.0696. The summed E-state index contributed by atoms with van der Waals surface area (Å²) in [5.74, 6) is -2.90. The molecule has 36 heavy (non-hydrogen) atoms. The highest BCUT2D eigenvalue weighted by Crippen LogP contribution is 2.15. The average molecular weight is 492 g/mol. The van der Waals surface area contributed by atoms with Crippen LogP contribution in [-0.2, 0) is 6.54 Å². The molecule has 0 saturated heterocycles. The molecule has 4 rings (SSSR count). The van der Waals surface area contributed by atoms with Crippen LogP contribution in [0.15, 0.2) is 53.3 Å². The number of aromatic nitrogens is 4. The second kappa shape index (κ2) is 9.78. The van der Waals surface area contributed by atoms with Crippen molar-refractivity contribution in [3.05, 3.63) is 98.5 Å². The first kappa shape index (κ1) is 24.3. The maximum atomic E-state index is 13.5. The van der Waals surface area contributed by atoms with E-state index in [-0.39, 0.29) is 35.1 Å². The Morgan fingerprint density at radius 3 is 2.50 bits per heavy atom. The Morgan fingerprint density at radius 1 is 1.11 bits per heavy atom. The van der Waals surface area contributed by atoms with Gasteiger partial charge in [0, 0.05) is 6.54 Å². The maximum absolute atomic E-state index is 13.5. The molecule has 184 valence electrons. The molecule has 4 aromatic rings. The third-order valence-corrected chi connectivity index (χ3v) is 5.54. The number of carbonyl (C=O) groups excluding carboxylic acids is 2. The zero-order chi connectivity index (χ0) is 26.0. The molecule has 2 aromatic carbocycles. The smallest absolute Gasteiger partial charge is 0.349 e. The first-order valence-electron chi connectivity index (χ1n) is 10.8. The van der Waals surface area contributed by atoms with Crippen LogP contribution in [-0.4, -0.2) is 42.5 Å². The number of carbonyl (C=O) groups is 3. The molecule has 0 spiro atoms. The van der Waals surface area contributed by atoms with Gasteiger partial charge in [-0.3, -0.25) is 9.59 Å². The fraction of sp³-hybridized carbons (Fsp3) is 0.167. The summed E-state index contributed by atoms with van der Waals surface area (Å²) in [6.45, 7) is 3.38. The van der Waals surface area contributed by atoms with Gasteiger partial charge in [0.1, 0.15) is 17.2 Å². The zero-order valence-corrected chi connectivity index (χ0v) is 19.2. The molecule has 4 N–H and O–H groups in total. The van der Waals surface area contributed by atoms with E-state index < -0.39 is 29.5 Å². The minimum Gasteiger partial charge on any atom is -0.478 e. The quantitative estimate of drug-likeness (QED) is 0.307. The number of carboxylic acids is 1. The predicted molar refractivity (Wildman–Crippen MR) is 125 cm³/mol. The van der Waals surface area contributed by atoms with E-state index in [0.29, 0.717) is 16.7 Å². The number of nitrogens with zero attached hydrogens (tertiary/aromatic N) is 3. The van der Waals surface area contributed by atoms with E-state index in [1.807, 2.05) is 0 Å². The van der Waals surface area contributed by atoms with Crippen LogP contribution >= 0.6 is 0 Å². The lowest BCUT2D eigenvalue weighted by Crippen LogP contribution is -2.32. The van der Waals surface area contributed by atoms with Gasteiger partial charge in [-0.05, 0) is 54.8 Å². The Kier molecular flexibility index (Phi) is 6.59. The van der Waals surface area contributed by atoms with Crippen LogP contribution < -0.4 is 16.3 Å². The second-order valence-electron chi connectivity index (χ2n) is 8.08. The van der Waals surface area contributed by atoms with Crippen LogP contribution in [0.1, 0.15) is 61.0 Å². The Morgan fingerprint density at radius 2 is 1.83 bits per heavy atom. The summed E-state index contributed by atoms with van der Waals surface area (Å²) >= 11 is 0. The van der Waals surface area contributed by atoms with E-state index in [1.165, 1.54) is 30.3 Å². The molecule has 0 unspecified atom stereocenters. The summed E-state index contributed by atoms with van der Waals surface area (Å²) in [6.07, 6.45) is 0. The molecule has 0 fully saturated rings. The zero-order valence-electron chi connectivity index (χ0n) is 19.2. The number of aromatic amines is 1. The van der Waals surface area contributed by atoms with Crippen molar-refractivity contribution in [3.8, 4) is 0 Å². The molecule has 0 aliphatic rings. The van der Waals surface area contributed by atoms with Gasteiger partial charge in [-0.25, -0.2) is 28.5 Å². The molecule has 2 heterocycles. The Labute approximate surface area is 203 Å². The van der Waals surface area contributed by atoms with Crippen LogP contribution in [0.3, 0.4) is 0 Å². The van der Waals surface area contributed by atoms with E-state index in [2.05, 4.69) is 25.8 Å². The highest BCUT2D eigenvalue weighted by molar-refractivity contribution is 5.98. The molecule has 1 atom stereocenters. The van der Waals surface area contributed by atoms with Crippen LogP contribution in [0.2, 0.25) is 0 Å². The van der Waals surface area contributed by atoms with E-state index in [0.717, 1.165) is 4.40 Å². The Bertz CT molecular complexity index is 1540. The number of halogens is 1. The fourth-order valence-corrected chi connectivity index (χ4v) is 3.56. The second-order valence-corrected chi connectivity index (χ2v) is 8.08. The van der Waals surface area contributed by atoms with Crippen molar-refractivity contribution < 1.29 is 23.9 Å². The molecule has 2 amide bonds. The lowest BCUT2D eigenvalue weighted by atomic mass is 10.1. The topological polar surface area (TPSA) is 159 Å². The summed E-state index contributed by atoms with van der Waals surface area (Å²) < 4.78 is 14.4. The normalized spacial score (nSPS) is 11.8. The van der Waals surface area contributed by atoms with Gasteiger partial charge in [-0.2, -0.15) is 0 Å². The minimum absolute atomic E-state index is 0.0884. The Hall–Kier alpha value is -4.87. The summed E-state index contributed by atoms with van der Waals surface area (Å²) in [5.41, 5.74) is 0.799. The number of hydrogen-bond donors (Lipinski definition) is 4. The maximum Gasteiger partial charge on any atom is 0.349 e. The van der Waals surface area contributed by atoms with Gasteiger partial charge in [0.25, 0.3) is 17.6 Å². The number of nitrogens with one attached hydrogen (secondary N) is 3. The van der Waals surface area contributed by atoms with Gasteiger partial charge in [-0.15, -0.1) is 5.10 Å². The van der Waals surface area contributed by atoms with E-state index in [1.54, 1.807) is 32.0 Å². The summed E-state index contributed by atoms with van der Waals surface area (Å²) in [6, 6.07) is 11.0. The number of amides is 2. The van der Waals surface area contributed by atoms with Gasteiger partial charge in [0.15, 0.2) is 0 Å². The number of aryl methyl sites for hydroxylation is 1. The number of fused-ring (bicyclic) bond motifs is 1. The van der Waals surface area contributed by atoms with Crippen molar-refractivity contribution in [2.45, 2.75) is 26.4 Å². The molecular formula is C24H21FN6O5. The predicted octanol–water partition coefficient (Wildman–Crippen LogP) is 1.98. The third-order valence-electron chi connectivity index (χ3n) is 5.54. The molecule has 2 aromatic heterocycles. The number of rotatable bonds is 7. The minimum atomic E-state index is -1.07. The molecule has 0 saturated carbocycles. The van der Waals surface area contributed by atoms with Crippen molar-refractivity contribution in [2.24, 2.45) is 0 Å². The number of benzene rings is 2. The van der Waals surface area contributed by atoms with E-state index >= 15 is 0 Å². The van der Waals surface area contributed by atoms with Crippen molar-refractivity contribution in [2.75, 3.05) is 0 Å². The fourth-order valence-electron chi connectivity index (χ4n) is 3.56. The van der Waals surface area contributed by atoms with Gasteiger partial charge in [0.2, 0.25) is 0 Å². The highest BCUT2D eigenvalue weighted by atomic mass is 19.1. The SMILES string of the molecule is Cc1cc(CNC(=O)c2cc(C(=O)N[C@H](C)c3ccc(C(=O)O)cc3)n3c(=O)[nH]nc3n2)ccc1F. The van der Waals surface area contributed by atoms with Gasteiger partial charge >= 0.3 is 11.7 Å². The molecule has 12 heteroatoms. The van der Waals surface area contributed by atoms with Crippen LogP contribution in [0.5, 0.6) is 0 Å². The van der Waals surface area contributed by atoms with Crippen LogP contribution in [0.25, 0.3) is 5.78 Å². The average Bonchev–Trinajstić information content (AvgIpc) is 3.24. The molecular weight excluding hydrogens is 471 g/mol. The monoisotopic (exact) mass is 492 g/mol. The number of hydrogen-bond acceptors (Lipinski definition) is 6. The van der Waals surface area contributed by atoms with E-state index in [9.17, 15) is 23.6 Å². The first-order valence-corrected chi connectivity index (χ1v) is 10.8. The summed E-state index contributed by atoms with van der Waals surface area (Å²) in [4.78, 5) is 53.2. The summed E-state index contributed by atoms with van der Waals surface area (Å²) in [7, 11) is 0. The molecule has 0 aliphatic carbocycles. The molecule has 11 nitrogen and oxygen atoms in total. The summed E-state index contributed by atoms with van der Waals surface area (Å²) in [5, 5.41) is 20.4. The van der Waals surface area contributed by atoms with Crippen LogP contribution in [0, 0.1) is 12.7 Å². The van der Waals surface area contributed by atoms with Crippen molar-refractivity contribution >= 4 is 23.6 Å². The van der Waals surface area contributed by atoms with Crippen molar-refractivity contribution in [1.29, 1.82) is 0 Å². The van der Waals surface area contributed by atoms with Crippen LogP contribution in [0.4, 0.5) is 4.39 Å². The number of aromatic carboxylic acids is 1. The van der Waals surface area contributed by atoms with Gasteiger partial charge in [0.05, 0.1) is 11.6 Å². The first-order chi connectivity index (χ1) is 17.1. The largest absolute Gasteiger partial charge is 0.478 e.